The molecule has 0 spiro atoms. The van der Waals surface area contributed by atoms with Crippen LogP contribution < -0.4 is 5.32 Å². The van der Waals surface area contributed by atoms with Crippen LogP contribution in [0.2, 0.25) is 0 Å². The van der Waals surface area contributed by atoms with Gasteiger partial charge >= 0.3 is 5.92 Å². The molecule has 0 aromatic carbocycles. The molecule has 0 bridgehead atoms. The van der Waals surface area contributed by atoms with Crippen LogP contribution in [0.4, 0.5) is 8.78 Å². The summed E-state index contributed by atoms with van der Waals surface area (Å²) in [6.07, 6.45) is 0.662. The third-order valence-corrected chi connectivity index (χ3v) is 1.98. The first-order valence-corrected chi connectivity index (χ1v) is 4.15. The Balaban J connectivity index is 2.36. The zero-order valence-electron chi connectivity index (χ0n) is 7.23. The SMILES string of the molecule is CC(F)(F)c1nc2c(o1)CNCC2. The molecule has 72 valence electrons. The minimum atomic E-state index is -2.97. The standard InChI is InChI=1S/C8H10F2N2O/c1-8(9,10)7-12-5-2-3-11-4-6(5)13-7/h11H,2-4H2,1H3. The molecule has 0 unspecified atom stereocenters. The van der Waals surface area contributed by atoms with Gasteiger partial charge in [0, 0.05) is 19.9 Å². The summed E-state index contributed by atoms with van der Waals surface area (Å²) in [6.45, 7) is 2.06. The van der Waals surface area contributed by atoms with E-state index in [4.69, 9.17) is 4.42 Å². The molecule has 0 radical (unpaired) electrons. The van der Waals surface area contributed by atoms with Crippen LogP contribution in [0, 0.1) is 0 Å². The van der Waals surface area contributed by atoms with Crippen LogP contribution in [0.1, 0.15) is 24.3 Å². The van der Waals surface area contributed by atoms with Gasteiger partial charge in [-0.25, -0.2) is 4.98 Å². The van der Waals surface area contributed by atoms with Gasteiger partial charge in [-0.3, -0.25) is 0 Å². The first kappa shape index (κ1) is 8.62. The minimum Gasteiger partial charge on any atom is -0.439 e. The smallest absolute Gasteiger partial charge is 0.319 e. The van der Waals surface area contributed by atoms with Gasteiger partial charge < -0.3 is 9.73 Å². The van der Waals surface area contributed by atoms with E-state index in [1.54, 1.807) is 0 Å². The Hall–Kier alpha value is -0.970. The second-order valence-electron chi connectivity index (χ2n) is 3.20. The van der Waals surface area contributed by atoms with Gasteiger partial charge in [-0.2, -0.15) is 8.78 Å². The predicted octanol–water partition coefficient (Wildman–Crippen LogP) is 1.43. The van der Waals surface area contributed by atoms with E-state index in [2.05, 4.69) is 10.3 Å². The number of hydrogen-bond acceptors (Lipinski definition) is 3. The first-order valence-electron chi connectivity index (χ1n) is 4.15. The summed E-state index contributed by atoms with van der Waals surface area (Å²) in [5, 5.41) is 3.03. The summed E-state index contributed by atoms with van der Waals surface area (Å²) in [4.78, 5) is 3.77. The number of nitrogens with zero attached hydrogens (tertiary/aromatic N) is 1. The molecule has 3 nitrogen and oxygen atoms in total. The van der Waals surface area contributed by atoms with Crippen LogP contribution >= 0.6 is 0 Å². The third kappa shape index (κ3) is 1.56. The Morgan fingerprint density at radius 1 is 1.54 bits per heavy atom. The molecule has 1 aromatic rings. The second-order valence-corrected chi connectivity index (χ2v) is 3.20. The molecular formula is C8H10F2N2O. The summed E-state index contributed by atoms with van der Waals surface area (Å²) in [5.41, 5.74) is 0.662. The van der Waals surface area contributed by atoms with Gasteiger partial charge in [-0.15, -0.1) is 0 Å². The first-order chi connectivity index (χ1) is 6.07. The van der Waals surface area contributed by atoms with E-state index in [1.807, 2.05) is 0 Å². The van der Waals surface area contributed by atoms with Crippen LogP contribution in [-0.2, 0) is 18.9 Å². The summed E-state index contributed by atoms with van der Waals surface area (Å²) in [7, 11) is 0. The van der Waals surface area contributed by atoms with E-state index in [0.717, 1.165) is 13.5 Å². The number of halogens is 2. The Morgan fingerprint density at radius 2 is 2.31 bits per heavy atom. The average Bonchev–Trinajstić information content (AvgIpc) is 2.45. The van der Waals surface area contributed by atoms with Crippen molar-refractivity contribution in [2.75, 3.05) is 6.54 Å². The highest BCUT2D eigenvalue weighted by Crippen LogP contribution is 2.28. The van der Waals surface area contributed by atoms with Crippen molar-refractivity contribution in [2.24, 2.45) is 0 Å². The van der Waals surface area contributed by atoms with E-state index in [-0.39, 0.29) is 0 Å². The Bertz CT molecular complexity index is 293. The lowest BCUT2D eigenvalue weighted by Gasteiger charge is -2.08. The molecule has 0 saturated heterocycles. The van der Waals surface area contributed by atoms with Crippen molar-refractivity contribution in [3.8, 4) is 0 Å². The second kappa shape index (κ2) is 2.77. The number of rotatable bonds is 1. The lowest BCUT2D eigenvalue weighted by atomic mass is 10.2. The maximum Gasteiger partial charge on any atom is 0.319 e. The number of hydrogen-bond donors (Lipinski definition) is 1. The Kier molecular flexibility index (Phi) is 1.83. The summed E-state index contributed by atoms with van der Waals surface area (Å²) >= 11 is 0. The van der Waals surface area contributed by atoms with Crippen LogP contribution in [0.15, 0.2) is 4.42 Å². The molecule has 0 saturated carbocycles. The molecule has 0 atom stereocenters. The lowest BCUT2D eigenvalue weighted by Crippen LogP contribution is -2.22. The fourth-order valence-electron chi connectivity index (χ4n) is 1.31. The molecule has 0 aliphatic carbocycles. The zero-order chi connectivity index (χ0) is 9.47. The maximum atomic E-state index is 12.8. The van der Waals surface area contributed by atoms with Gasteiger partial charge in [0.15, 0.2) is 0 Å². The van der Waals surface area contributed by atoms with E-state index >= 15 is 0 Å². The topological polar surface area (TPSA) is 38.1 Å². The molecule has 1 N–H and O–H groups in total. The number of aromatic nitrogens is 1. The fraction of sp³-hybridized carbons (Fsp3) is 0.625. The van der Waals surface area contributed by atoms with Crippen molar-refractivity contribution in [3.63, 3.8) is 0 Å². The van der Waals surface area contributed by atoms with Gasteiger partial charge in [0.2, 0.25) is 0 Å². The Morgan fingerprint density at radius 3 is 2.92 bits per heavy atom. The van der Waals surface area contributed by atoms with Crippen molar-refractivity contribution in [1.29, 1.82) is 0 Å². The highest BCUT2D eigenvalue weighted by Gasteiger charge is 2.32. The van der Waals surface area contributed by atoms with Crippen molar-refractivity contribution >= 4 is 0 Å². The van der Waals surface area contributed by atoms with E-state index in [1.165, 1.54) is 0 Å². The lowest BCUT2D eigenvalue weighted by molar-refractivity contribution is -0.0118. The zero-order valence-corrected chi connectivity index (χ0v) is 7.23. The minimum absolute atomic E-state index is 0.471. The maximum absolute atomic E-state index is 12.8. The van der Waals surface area contributed by atoms with E-state index < -0.39 is 11.8 Å². The van der Waals surface area contributed by atoms with Crippen LogP contribution in [0.5, 0.6) is 0 Å². The number of alkyl halides is 2. The van der Waals surface area contributed by atoms with Crippen molar-refractivity contribution < 1.29 is 13.2 Å². The van der Waals surface area contributed by atoms with Gasteiger partial charge in [0.05, 0.1) is 12.2 Å². The quantitative estimate of drug-likeness (QED) is 0.724. The van der Waals surface area contributed by atoms with Crippen LogP contribution in [0.3, 0.4) is 0 Å². The van der Waals surface area contributed by atoms with Gasteiger partial charge in [-0.1, -0.05) is 0 Å². The summed E-state index contributed by atoms with van der Waals surface area (Å²) < 4.78 is 30.5. The van der Waals surface area contributed by atoms with E-state index in [9.17, 15) is 8.78 Å². The van der Waals surface area contributed by atoms with Crippen LogP contribution in [-0.4, -0.2) is 11.5 Å². The fourth-order valence-corrected chi connectivity index (χ4v) is 1.31. The molecule has 2 rings (SSSR count). The molecular weight excluding hydrogens is 178 g/mol. The highest BCUT2D eigenvalue weighted by atomic mass is 19.3. The number of nitrogens with one attached hydrogen (secondary N) is 1. The summed E-state index contributed by atoms with van der Waals surface area (Å²) in [6, 6.07) is 0. The molecule has 5 heteroatoms. The Labute approximate surface area is 74.1 Å². The molecule has 1 aromatic heterocycles. The normalized spacial score (nSPS) is 17.2. The largest absolute Gasteiger partial charge is 0.439 e. The van der Waals surface area contributed by atoms with Crippen molar-refractivity contribution in [1.82, 2.24) is 10.3 Å². The van der Waals surface area contributed by atoms with E-state index in [0.29, 0.717) is 24.4 Å². The monoisotopic (exact) mass is 188 g/mol. The highest BCUT2D eigenvalue weighted by molar-refractivity contribution is 5.14. The van der Waals surface area contributed by atoms with Gasteiger partial charge in [0.25, 0.3) is 5.89 Å². The molecule has 1 aliphatic rings. The van der Waals surface area contributed by atoms with Gasteiger partial charge in [0.1, 0.15) is 5.76 Å². The third-order valence-electron chi connectivity index (χ3n) is 1.98. The molecule has 1 aliphatic heterocycles. The summed E-state index contributed by atoms with van der Waals surface area (Å²) in [5.74, 6) is -2.90. The average molecular weight is 188 g/mol. The molecule has 0 amide bonds. The van der Waals surface area contributed by atoms with Crippen molar-refractivity contribution in [3.05, 3.63) is 17.3 Å². The van der Waals surface area contributed by atoms with Gasteiger partial charge in [-0.05, 0) is 0 Å². The predicted molar refractivity (Wildman–Crippen MR) is 41.5 cm³/mol. The molecule has 13 heavy (non-hydrogen) atoms. The van der Waals surface area contributed by atoms with Crippen molar-refractivity contribution in [2.45, 2.75) is 25.8 Å². The number of oxazole rings is 1. The molecule has 2 heterocycles. The van der Waals surface area contributed by atoms with Crippen LogP contribution in [0.25, 0.3) is 0 Å². The molecule has 0 fully saturated rings. The number of fused-ring (bicyclic) bond motifs is 1.